The molecule has 3 aliphatic heterocycles. The van der Waals surface area contributed by atoms with Crippen molar-refractivity contribution in [3.05, 3.63) is 28.8 Å². The number of nitrogens with zero attached hydrogens (tertiary/aromatic N) is 1. The second kappa shape index (κ2) is 6.54. The maximum Gasteiger partial charge on any atom is 0.291 e. The van der Waals surface area contributed by atoms with E-state index in [0.717, 1.165) is 4.90 Å². The highest BCUT2D eigenvalue weighted by Gasteiger charge is 2.74. The van der Waals surface area contributed by atoms with Crippen molar-refractivity contribution < 1.29 is 29.2 Å². The first-order chi connectivity index (χ1) is 13.3. The minimum absolute atomic E-state index is 0.0879. The molecule has 4 amide bonds. The number of rotatable bonds is 5. The SMILES string of the molecule is COCCN1C(=O)[C@@H]2[C@H](CC(N)=O)[NH2+][C@@]3(C(=O)Nc4c(Cl)cccc43)[C@@H]2C1=O. The van der Waals surface area contributed by atoms with Gasteiger partial charge >= 0.3 is 0 Å². The number of primary amides is 1. The first-order valence-electron chi connectivity index (χ1n) is 8.92. The number of imide groups is 1. The lowest BCUT2D eigenvalue weighted by atomic mass is 9.76. The monoisotopic (exact) mass is 407 g/mol. The molecule has 0 aliphatic carbocycles. The molecule has 4 rings (SSSR count). The van der Waals surface area contributed by atoms with Crippen LogP contribution in [-0.2, 0) is 29.5 Å². The van der Waals surface area contributed by atoms with Crippen LogP contribution >= 0.6 is 11.6 Å². The van der Waals surface area contributed by atoms with Crippen molar-refractivity contribution in [1.82, 2.24) is 4.90 Å². The van der Waals surface area contributed by atoms with Gasteiger partial charge in [-0.3, -0.25) is 24.1 Å². The molecule has 148 valence electrons. The van der Waals surface area contributed by atoms with Crippen molar-refractivity contribution in [3.63, 3.8) is 0 Å². The number of anilines is 1. The fraction of sp³-hybridized carbons (Fsp3) is 0.444. The van der Waals surface area contributed by atoms with Gasteiger partial charge in [0.25, 0.3) is 5.91 Å². The molecule has 0 saturated carbocycles. The summed E-state index contributed by atoms with van der Waals surface area (Å²) in [5, 5.41) is 4.75. The van der Waals surface area contributed by atoms with Crippen molar-refractivity contribution in [3.8, 4) is 0 Å². The number of nitrogens with two attached hydrogens (primary N) is 2. The Balaban J connectivity index is 1.85. The van der Waals surface area contributed by atoms with Crippen LogP contribution in [0.3, 0.4) is 0 Å². The third kappa shape index (κ3) is 2.40. The molecule has 2 fully saturated rings. The number of para-hydroxylation sites is 1. The van der Waals surface area contributed by atoms with Gasteiger partial charge < -0.3 is 21.1 Å². The Morgan fingerprint density at radius 2 is 2.11 bits per heavy atom. The zero-order valence-corrected chi connectivity index (χ0v) is 15.9. The number of carbonyl (C=O) groups excluding carboxylic acids is 4. The Hall–Kier alpha value is -2.49. The summed E-state index contributed by atoms with van der Waals surface area (Å²) in [4.78, 5) is 52.2. The lowest BCUT2D eigenvalue weighted by Crippen LogP contribution is -2.99. The molecule has 1 aromatic rings. The first kappa shape index (κ1) is 18.9. The van der Waals surface area contributed by atoms with Gasteiger partial charge in [-0.05, 0) is 12.1 Å². The zero-order valence-electron chi connectivity index (χ0n) is 15.1. The van der Waals surface area contributed by atoms with E-state index in [0.29, 0.717) is 16.3 Å². The van der Waals surface area contributed by atoms with Crippen LogP contribution in [0.2, 0.25) is 5.02 Å². The molecule has 4 atom stereocenters. The smallest absolute Gasteiger partial charge is 0.291 e. The van der Waals surface area contributed by atoms with Gasteiger partial charge in [-0.2, -0.15) is 0 Å². The van der Waals surface area contributed by atoms with E-state index in [4.69, 9.17) is 22.1 Å². The number of quaternary nitrogens is 1. The van der Waals surface area contributed by atoms with Crippen molar-refractivity contribution in [2.45, 2.75) is 18.0 Å². The average Bonchev–Trinajstić information content (AvgIpc) is 3.20. The van der Waals surface area contributed by atoms with Gasteiger partial charge in [0.2, 0.25) is 23.3 Å². The van der Waals surface area contributed by atoms with Crippen LogP contribution in [0.5, 0.6) is 0 Å². The van der Waals surface area contributed by atoms with E-state index in [1.54, 1.807) is 23.5 Å². The first-order valence-corrected chi connectivity index (χ1v) is 9.29. The summed E-state index contributed by atoms with van der Waals surface area (Å²) in [6.45, 7) is 0.271. The van der Waals surface area contributed by atoms with E-state index >= 15 is 0 Å². The van der Waals surface area contributed by atoms with Gasteiger partial charge in [0.05, 0.1) is 30.3 Å². The van der Waals surface area contributed by atoms with Gasteiger partial charge in [0, 0.05) is 12.7 Å². The number of nitrogens with one attached hydrogen (secondary N) is 1. The number of hydrogen-bond acceptors (Lipinski definition) is 5. The van der Waals surface area contributed by atoms with Crippen molar-refractivity contribution >= 4 is 40.9 Å². The Labute approximate surface area is 165 Å². The standard InChI is InChI=1S/C18H19ClN4O5/c1-28-6-5-23-15(25)12-10(7-11(20)24)22-18(13(12)16(23)26)8-3-2-4-9(19)14(8)21-17(18)27/h2-4,10,12-13,22H,5-7H2,1H3,(H2,20,24)(H,21,27)/p+1/t10-,12+,13-,18+/m0/s1. The second-order valence-corrected chi connectivity index (χ2v) is 7.72. The molecule has 2 saturated heterocycles. The topological polar surface area (TPSA) is 135 Å². The number of fused-ring (bicyclic) bond motifs is 4. The predicted octanol–water partition coefficient (Wildman–Crippen LogP) is -1.44. The average molecular weight is 408 g/mol. The van der Waals surface area contributed by atoms with Crippen LogP contribution in [-0.4, -0.2) is 54.8 Å². The predicted molar refractivity (Wildman–Crippen MR) is 96.9 cm³/mol. The quantitative estimate of drug-likeness (QED) is 0.513. The van der Waals surface area contributed by atoms with Crippen LogP contribution in [0.15, 0.2) is 18.2 Å². The van der Waals surface area contributed by atoms with E-state index in [2.05, 4.69) is 5.32 Å². The summed E-state index contributed by atoms with van der Waals surface area (Å²) in [5.74, 6) is -3.65. The summed E-state index contributed by atoms with van der Waals surface area (Å²) >= 11 is 6.24. The summed E-state index contributed by atoms with van der Waals surface area (Å²) in [6, 6.07) is 4.42. The molecular formula is C18H20ClN4O5+. The highest BCUT2D eigenvalue weighted by atomic mass is 35.5. The number of ether oxygens (including phenoxy) is 1. The fourth-order valence-corrected chi connectivity index (χ4v) is 5.06. The van der Waals surface area contributed by atoms with Crippen LogP contribution in [0, 0.1) is 11.8 Å². The van der Waals surface area contributed by atoms with E-state index in [1.807, 2.05) is 0 Å². The number of amides is 4. The maximum atomic E-state index is 13.2. The van der Waals surface area contributed by atoms with E-state index in [1.165, 1.54) is 7.11 Å². The number of likely N-dealkylation sites (tertiary alicyclic amines) is 1. The minimum Gasteiger partial charge on any atom is -0.383 e. The van der Waals surface area contributed by atoms with Gasteiger partial charge in [0.1, 0.15) is 17.9 Å². The number of methoxy groups -OCH3 is 1. The lowest BCUT2D eigenvalue weighted by molar-refractivity contribution is -0.732. The third-order valence-electron chi connectivity index (χ3n) is 5.90. The summed E-state index contributed by atoms with van der Waals surface area (Å²) in [5.41, 5.74) is 4.99. The Morgan fingerprint density at radius 3 is 2.79 bits per heavy atom. The van der Waals surface area contributed by atoms with E-state index in [-0.39, 0.29) is 19.6 Å². The molecule has 9 nitrogen and oxygen atoms in total. The number of carbonyl (C=O) groups is 4. The molecule has 3 heterocycles. The Bertz CT molecular complexity index is 906. The minimum atomic E-state index is -1.36. The van der Waals surface area contributed by atoms with Gasteiger partial charge in [-0.25, -0.2) is 0 Å². The van der Waals surface area contributed by atoms with E-state index in [9.17, 15) is 19.2 Å². The van der Waals surface area contributed by atoms with Gasteiger partial charge in [-0.15, -0.1) is 0 Å². The summed E-state index contributed by atoms with van der Waals surface area (Å²) < 4.78 is 5.00. The molecule has 0 aromatic heterocycles. The molecule has 3 aliphatic rings. The third-order valence-corrected chi connectivity index (χ3v) is 6.22. The second-order valence-electron chi connectivity index (χ2n) is 7.31. The maximum absolute atomic E-state index is 13.2. The van der Waals surface area contributed by atoms with Crippen LogP contribution in [0.4, 0.5) is 5.69 Å². The van der Waals surface area contributed by atoms with E-state index < -0.39 is 47.0 Å². The molecule has 0 radical (unpaired) electrons. The molecule has 0 bridgehead atoms. The van der Waals surface area contributed by atoms with Crippen molar-refractivity contribution in [2.75, 3.05) is 25.6 Å². The zero-order chi connectivity index (χ0) is 20.2. The lowest BCUT2D eigenvalue weighted by Gasteiger charge is -2.26. The largest absolute Gasteiger partial charge is 0.383 e. The molecule has 28 heavy (non-hydrogen) atoms. The summed E-state index contributed by atoms with van der Waals surface area (Å²) in [7, 11) is 1.47. The van der Waals surface area contributed by atoms with Gasteiger partial charge in [-0.1, -0.05) is 17.7 Å². The molecule has 5 N–H and O–H groups in total. The highest BCUT2D eigenvalue weighted by Crippen LogP contribution is 2.50. The Morgan fingerprint density at radius 1 is 1.36 bits per heavy atom. The molecule has 1 aromatic carbocycles. The number of benzene rings is 1. The highest BCUT2D eigenvalue weighted by molar-refractivity contribution is 6.35. The van der Waals surface area contributed by atoms with Crippen molar-refractivity contribution in [2.24, 2.45) is 17.6 Å². The molecule has 0 unspecified atom stereocenters. The molecule has 1 spiro atoms. The summed E-state index contributed by atoms with van der Waals surface area (Å²) in [6.07, 6.45) is -0.122. The van der Waals surface area contributed by atoms with Crippen LogP contribution in [0.1, 0.15) is 12.0 Å². The van der Waals surface area contributed by atoms with Gasteiger partial charge in [0.15, 0.2) is 0 Å². The van der Waals surface area contributed by atoms with Crippen molar-refractivity contribution in [1.29, 1.82) is 0 Å². The number of hydrogen-bond donors (Lipinski definition) is 3. The Kier molecular flexibility index (Phi) is 4.40. The molecular weight excluding hydrogens is 388 g/mol. The van der Waals surface area contributed by atoms with Crippen LogP contribution < -0.4 is 16.4 Å². The normalized spacial score (nSPS) is 30.7. The van der Waals surface area contributed by atoms with Crippen LogP contribution in [0.25, 0.3) is 0 Å². The molecule has 10 heteroatoms. The number of halogens is 1. The fourth-order valence-electron chi connectivity index (χ4n) is 4.84.